The van der Waals surface area contributed by atoms with Crippen molar-refractivity contribution in [3.05, 3.63) is 34.9 Å². The van der Waals surface area contributed by atoms with Crippen LogP contribution in [0.5, 0.6) is 0 Å². The first kappa shape index (κ1) is 19.8. The van der Waals surface area contributed by atoms with Crippen LogP contribution in [0, 0.1) is 11.8 Å². The maximum absolute atomic E-state index is 9.21. The van der Waals surface area contributed by atoms with Crippen LogP contribution in [0.4, 0.5) is 0 Å². The Morgan fingerprint density at radius 1 is 1.30 bits per heavy atom. The molecule has 0 spiro atoms. The summed E-state index contributed by atoms with van der Waals surface area (Å²) < 4.78 is 0. The van der Waals surface area contributed by atoms with Crippen molar-refractivity contribution in [1.82, 2.24) is 10.6 Å². The fraction of sp³-hybridized carbons (Fsp3) is 0.611. The van der Waals surface area contributed by atoms with Gasteiger partial charge in [-0.2, -0.15) is 0 Å². The molecular formula is C18H30ClN3O. The number of hydrogen-bond acceptors (Lipinski definition) is 2. The van der Waals surface area contributed by atoms with Crippen LogP contribution in [0.15, 0.2) is 29.3 Å². The Morgan fingerprint density at radius 3 is 2.70 bits per heavy atom. The molecule has 0 heterocycles. The summed E-state index contributed by atoms with van der Waals surface area (Å²) in [5, 5.41) is 16.6. The molecular weight excluding hydrogens is 310 g/mol. The Morgan fingerprint density at radius 2 is 2.09 bits per heavy atom. The van der Waals surface area contributed by atoms with Crippen molar-refractivity contribution in [3.8, 4) is 0 Å². The fourth-order valence-electron chi connectivity index (χ4n) is 2.54. The molecule has 1 aromatic carbocycles. The molecule has 0 radical (unpaired) electrons. The second-order valence-electron chi connectivity index (χ2n) is 6.21. The van der Waals surface area contributed by atoms with Gasteiger partial charge in [-0.05, 0) is 49.3 Å². The zero-order valence-electron chi connectivity index (χ0n) is 14.5. The standard InChI is InChI=1S/C18H30ClN3O/c1-4-20-18(21-12-15-6-5-7-17(19)11-15)22-13-16(8-9-23)10-14(2)3/h5-7,11,14,16,23H,4,8-10,12-13H2,1-3H3,(H2,20,21,22). The zero-order chi connectivity index (χ0) is 17.1. The maximum atomic E-state index is 9.21. The molecule has 4 nitrogen and oxygen atoms in total. The van der Waals surface area contributed by atoms with E-state index in [1.165, 1.54) is 0 Å². The number of nitrogens with one attached hydrogen (secondary N) is 2. The quantitative estimate of drug-likeness (QED) is 0.477. The van der Waals surface area contributed by atoms with Crippen LogP contribution < -0.4 is 10.6 Å². The van der Waals surface area contributed by atoms with Gasteiger partial charge in [0.2, 0.25) is 0 Å². The second-order valence-corrected chi connectivity index (χ2v) is 6.65. The molecule has 0 saturated heterocycles. The largest absolute Gasteiger partial charge is 0.396 e. The molecule has 0 fully saturated rings. The van der Waals surface area contributed by atoms with Crippen molar-refractivity contribution >= 4 is 17.6 Å². The minimum atomic E-state index is 0.231. The molecule has 0 amide bonds. The van der Waals surface area contributed by atoms with E-state index in [4.69, 9.17) is 11.6 Å². The third-order valence-corrected chi connectivity index (χ3v) is 3.79. The molecule has 23 heavy (non-hydrogen) atoms. The van der Waals surface area contributed by atoms with E-state index in [1.807, 2.05) is 24.3 Å². The summed E-state index contributed by atoms with van der Waals surface area (Å²) >= 11 is 6.00. The van der Waals surface area contributed by atoms with Gasteiger partial charge >= 0.3 is 0 Å². The van der Waals surface area contributed by atoms with Crippen LogP contribution in [0.3, 0.4) is 0 Å². The van der Waals surface area contributed by atoms with E-state index >= 15 is 0 Å². The van der Waals surface area contributed by atoms with Crippen LogP contribution in [0.1, 0.15) is 39.2 Å². The lowest BCUT2D eigenvalue weighted by atomic mass is 9.94. The fourth-order valence-corrected chi connectivity index (χ4v) is 2.75. The number of guanidine groups is 1. The van der Waals surface area contributed by atoms with E-state index in [0.29, 0.717) is 18.4 Å². The summed E-state index contributed by atoms with van der Waals surface area (Å²) in [6.07, 6.45) is 1.92. The minimum absolute atomic E-state index is 0.231. The average molecular weight is 340 g/mol. The number of aliphatic imine (C=N–C) groups is 1. The first-order valence-electron chi connectivity index (χ1n) is 8.42. The Balaban J connectivity index is 2.60. The number of rotatable bonds is 9. The summed E-state index contributed by atoms with van der Waals surface area (Å²) in [6.45, 7) is 8.93. The van der Waals surface area contributed by atoms with Crippen molar-refractivity contribution in [2.75, 3.05) is 19.7 Å². The highest BCUT2D eigenvalue weighted by molar-refractivity contribution is 6.30. The van der Waals surface area contributed by atoms with Gasteiger partial charge < -0.3 is 15.7 Å². The molecule has 1 rings (SSSR count). The molecule has 0 aliphatic heterocycles. The van der Waals surface area contributed by atoms with Gasteiger partial charge in [-0.3, -0.25) is 0 Å². The summed E-state index contributed by atoms with van der Waals surface area (Å²) in [7, 11) is 0. The molecule has 0 bridgehead atoms. The van der Waals surface area contributed by atoms with Crippen LogP contribution in [-0.4, -0.2) is 30.8 Å². The van der Waals surface area contributed by atoms with Crippen molar-refractivity contribution < 1.29 is 5.11 Å². The number of aliphatic hydroxyl groups is 1. The second kappa shape index (κ2) is 11.3. The molecule has 0 saturated carbocycles. The topological polar surface area (TPSA) is 56.7 Å². The van der Waals surface area contributed by atoms with E-state index < -0.39 is 0 Å². The van der Waals surface area contributed by atoms with Crippen LogP contribution in [-0.2, 0) is 6.54 Å². The zero-order valence-corrected chi connectivity index (χ0v) is 15.2. The minimum Gasteiger partial charge on any atom is -0.396 e. The summed E-state index contributed by atoms with van der Waals surface area (Å²) in [4.78, 5) is 4.61. The highest BCUT2D eigenvalue weighted by Crippen LogP contribution is 2.14. The van der Waals surface area contributed by atoms with E-state index in [1.54, 1.807) is 0 Å². The molecule has 5 heteroatoms. The highest BCUT2D eigenvalue weighted by atomic mass is 35.5. The molecule has 1 aromatic rings. The average Bonchev–Trinajstić information content (AvgIpc) is 2.49. The molecule has 3 N–H and O–H groups in total. The van der Waals surface area contributed by atoms with Gasteiger partial charge in [0.05, 0.1) is 6.54 Å². The predicted octanol–water partition coefficient (Wildman–Crippen LogP) is 3.44. The number of hydrogen-bond donors (Lipinski definition) is 3. The molecule has 0 aliphatic rings. The predicted molar refractivity (Wildman–Crippen MR) is 98.9 cm³/mol. The van der Waals surface area contributed by atoms with Crippen molar-refractivity contribution in [3.63, 3.8) is 0 Å². The maximum Gasteiger partial charge on any atom is 0.191 e. The van der Waals surface area contributed by atoms with Crippen LogP contribution in [0.25, 0.3) is 0 Å². The smallest absolute Gasteiger partial charge is 0.191 e. The first-order valence-corrected chi connectivity index (χ1v) is 8.80. The van der Waals surface area contributed by atoms with Gasteiger partial charge in [-0.1, -0.05) is 37.6 Å². The summed E-state index contributed by atoms with van der Waals surface area (Å²) in [5.41, 5.74) is 1.09. The summed E-state index contributed by atoms with van der Waals surface area (Å²) in [6, 6.07) is 7.76. The normalized spacial score (nSPS) is 13.2. The highest BCUT2D eigenvalue weighted by Gasteiger charge is 2.11. The summed E-state index contributed by atoms with van der Waals surface area (Å²) in [5.74, 6) is 1.88. The number of halogens is 1. The molecule has 0 aromatic heterocycles. The molecule has 130 valence electrons. The molecule has 1 unspecified atom stereocenters. The SMILES string of the molecule is CCNC(=NCc1cccc(Cl)c1)NCC(CCO)CC(C)C. The lowest BCUT2D eigenvalue weighted by Crippen LogP contribution is -2.40. The van der Waals surface area contributed by atoms with E-state index in [2.05, 4.69) is 36.4 Å². The van der Waals surface area contributed by atoms with Crippen molar-refractivity contribution in [1.29, 1.82) is 0 Å². The lowest BCUT2D eigenvalue weighted by molar-refractivity contribution is 0.243. The van der Waals surface area contributed by atoms with E-state index in [0.717, 1.165) is 42.5 Å². The van der Waals surface area contributed by atoms with E-state index in [-0.39, 0.29) is 6.61 Å². The van der Waals surface area contributed by atoms with Gasteiger partial charge in [0.15, 0.2) is 5.96 Å². The third-order valence-electron chi connectivity index (χ3n) is 3.55. The Bertz CT molecular complexity index is 477. The van der Waals surface area contributed by atoms with Gasteiger partial charge in [0, 0.05) is 24.7 Å². The number of nitrogens with zero attached hydrogens (tertiary/aromatic N) is 1. The molecule has 1 atom stereocenters. The Kier molecular flexibility index (Phi) is 9.72. The van der Waals surface area contributed by atoms with Gasteiger partial charge in [0.25, 0.3) is 0 Å². The van der Waals surface area contributed by atoms with Gasteiger partial charge in [-0.15, -0.1) is 0 Å². The van der Waals surface area contributed by atoms with Gasteiger partial charge in [0.1, 0.15) is 0 Å². The Labute approximate surface area is 145 Å². The molecule has 0 aliphatic carbocycles. The van der Waals surface area contributed by atoms with E-state index in [9.17, 15) is 5.11 Å². The third kappa shape index (κ3) is 8.82. The first-order chi connectivity index (χ1) is 11.0. The Hall–Kier alpha value is -1.26. The number of aliphatic hydroxyl groups excluding tert-OH is 1. The van der Waals surface area contributed by atoms with Crippen molar-refractivity contribution in [2.45, 2.75) is 40.2 Å². The lowest BCUT2D eigenvalue weighted by Gasteiger charge is -2.20. The van der Waals surface area contributed by atoms with Crippen LogP contribution in [0.2, 0.25) is 5.02 Å². The number of benzene rings is 1. The van der Waals surface area contributed by atoms with Crippen LogP contribution >= 0.6 is 11.6 Å². The van der Waals surface area contributed by atoms with Gasteiger partial charge in [-0.25, -0.2) is 4.99 Å². The monoisotopic (exact) mass is 339 g/mol. The van der Waals surface area contributed by atoms with Crippen molar-refractivity contribution in [2.24, 2.45) is 16.8 Å².